The van der Waals surface area contributed by atoms with Gasteiger partial charge in [0.05, 0.1) is 12.0 Å². The summed E-state index contributed by atoms with van der Waals surface area (Å²) in [4.78, 5) is 0. The second-order valence-corrected chi connectivity index (χ2v) is 10.7. The van der Waals surface area contributed by atoms with Crippen molar-refractivity contribution in [2.45, 2.75) is 69.8 Å². The molecule has 0 amide bonds. The summed E-state index contributed by atoms with van der Waals surface area (Å²) >= 11 is 4.14. The first-order chi connectivity index (χ1) is 12.8. The smallest absolute Gasteiger partial charge is 0.391 e. The van der Waals surface area contributed by atoms with Gasteiger partial charge in [-0.1, -0.05) is 17.7 Å². The number of benzene rings is 1. The normalized spacial score (nSPS) is 23.5. The van der Waals surface area contributed by atoms with Crippen molar-refractivity contribution in [3.05, 3.63) is 34.4 Å². The van der Waals surface area contributed by atoms with E-state index < -0.39 is 50.9 Å². The highest BCUT2D eigenvalue weighted by Gasteiger charge is 2.42. The van der Waals surface area contributed by atoms with Crippen LogP contribution in [0.1, 0.15) is 64.5 Å². The topological polar surface area (TPSA) is 35.1 Å². The summed E-state index contributed by atoms with van der Waals surface area (Å²) in [6, 6.07) is 1.54. The lowest BCUT2D eigenvalue weighted by Gasteiger charge is -2.33. The van der Waals surface area contributed by atoms with Crippen LogP contribution in [0.4, 0.5) is 22.0 Å². The highest BCUT2D eigenvalue weighted by Crippen LogP contribution is 2.42. The van der Waals surface area contributed by atoms with Crippen LogP contribution in [0.25, 0.3) is 0 Å². The van der Waals surface area contributed by atoms with E-state index in [1.54, 1.807) is 20.8 Å². The highest BCUT2D eigenvalue weighted by molar-refractivity contribution is 7.90. The number of halogens is 6. The Morgan fingerprint density at radius 1 is 1.14 bits per heavy atom. The minimum absolute atomic E-state index is 0.0237. The van der Waals surface area contributed by atoms with Gasteiger partial charge in [0.25, 0.3) is 0 Å². The van der Waals surface area contributed by atoms with Crippen LogP contribution >= 0.6 is 11.6 Å². The van der Waals surface area contributed by atoms with Crippen LogP contribution in [0.2, 0.25) is 5.02 Å². The van der Waals surface area contributed by atoms with Gasteiger partial charge < -0.3 is 4.55 Å². The van der Waals surface area contributed by atoms with Crippen molar-refractivity contribution >= 4 is 23.0 Å². The SMILES string of the molecule is CC(C)(C)[S@@+]([O-])NC(CC1CCC(C(F)(F)F)CC1)c1ccc(F)c(Cl)c1F. The average molecular weight is 446 g/mol. The Balaban J connectivity index is 2.19. The molecule has 0 radical (unpaired) electrons. The summed E-state index contributed by atoms with van der Waals surface area (Å²) in [6.45, 7) is 5.24. The van der Waals surface area contributed by atoms with Crippen molar-refractivity contribution in [1.82, 2.24) is 4.72 Å². The van der Waals surface area contributed by atoms with E-state index in [0.717, 1.165) is 6.07 Å². The van der Waals surface area contributed by atoms with Gasteiger partial charge in [-0.05, 0) is 64.9 Å². The van der Waals surface area contributed by atoms with E-state index in [4.69, 9.17) is 11.6 Å². The Kier molecular flexibility index (Phi) is 7.67. The molecule has 160 valence electrons. The number of rotatable bonds is 5. The largest absolute Gasteiger partial charge is 0.598 e. The van der Waals surface area contributed by atoms with Crippen LogP contribution in [0.15, 0.2) is 12.1 Å². The van der Waals surface area contributed by atoms with Crippen molar-refractivity contribution in [3.8, 4) is 0 Å². The number of alkyl halides is 3. The molecule has 2 rings (SSSR count). The molecule has 2 nitrogen and oxygen atoms in total. The summed E-state index contributed by atoms with van der Waals surface area (Å²) in [6.07, 6.45) is -3.16. The lowest BCUT2D eigenvalue weighted by molar-refractivity contribution is -0.184. The third kappa shape index (κ3) is 5.97. The van der Waals surface area contributed by atoms with Gasteiger partial charge in [-0.3, -0.25) is 0 Å². The lowest BCUT2D eigenvalue weighted by atomic mass is 9.78. The highest BCUT2D eigenvalue weighted by atomic mass is 35.5. The first-order valence-electron chi connectivity index (χ1n) is 9.19. The second kappa shape index (κ2) is 9.06. The summed E-state index contributed by atoms with van der Waals surface area (Å²) in [7, 11) is 0. The van der Waals surface area contributed by atoms with Crippen molar-refractivity contribution < 1.29 is 26.5 Å². The van der Waals surface area contributed by atoms with Crippen LogP contribution in [0.3, 0.4) is 0 Å². The average Bonchev–Trinajstić information content (AvgIpc) is 2.58. The molecule has 2 atom stereocenters. The Labute approximate surface area is 170 Å². The molecule has 1 saturated carbocycles. The minimum atomic E-state index is -4.20. The fourth-order valence-electron chi connectivity index (χ4n) is 3.41. The predicted molar refractivity (Wildman–Crippen MR) is 101 cm³/mol. The van der Waals surface area contributed by atoms with Crippen LogP contribution in [-0.4, -0.2) is 15.5 Å². The van der Waals surface area contributed by atoms with Gasteiger partial charge in [-0.2, -0.15) is 13.2 Å². The van der Waals surface area contributed by atoms with E-state index in [1.165, 1.54) is 6.07 Å². The molecule has 1 aromatic carbocycles. The fourth-order valence-corrected chi connectivity index (χ4v) is 4.42. The first-order valence-corrected chi connectivity index (χ1v) is 10.7. The molecular formula is C19H25ClF5NOS. The fraction of sp³-hybridized carbons (Fsp3) is 0.684. The molecule has 1 N–H and O–H groups in total. The van der Waals surface area contributed by atoms with E-state index in [0.29, 0.717) is 19.3 Å². The van der Waals surface area contributed by atoms with Gasteiger partial charge in [0.15, 0.2) is 0 Å². The maximum Gasteiger partial charge on any atom is 0.391 e. The number of hydrogen-bond acceptors (Lipinski definition) is 2. The molecule has 1 unspecified atom stereocenters. The molecule has 0 aromatic heterocycles. The minimum Gasteiger partial charge on any atom is -0.598 e. The quantitative estimate of drug-likeness (QED) is 0.320. The third-order valence-corrected chi connectivity index (χ3v) is 7.08. The molecule has 0 saturated heterocycles. The Morgan fingerprint density at radius 3 is 2.21 bits per heavy atom. The molecule has 9 heteroatoms. The zero-order valence-corrected chi connectivity index (χ0v) is 17.6. The van der Waals surface area contributed by atoms with E-state index in [1.807, 2.05) is 0 Å². The maximum atomic E-state index is 14.6. The molecule has 0 spiro atoms. The molecule has 1 aliphatic carbocycles. The van der Waals surface area contributed by atoms with Crippen LogP contribution in [-0.2, 0) is 11.4 Å². The Bertz CT molecular complexity index is 672. The van der Waals surface area contributed by atoms with E-state index in [-0.39, 0.29) is 24.3 Å². The predicted octanol–water partition coefficient (Wildman–Crippen LogP) is 6.47. The Morgan fingerprint density at radius 2 is 1.71 bits per heavy atom. The van der Waals surface area contributed by atoms with E-state index in [9.17, 15) is 26.5 Å². The molecule has 0 heterocycles. The molecule has 0 aliphatic heterocycles. The lowest BCUT2D eigenvalue weighted by Crippen LogP contribution is -2.42. The van der Waals surface area contributed by atoms with E-state index >= 15 is 0 Å². The zero-order valence-electron chi connectivity index (χ0n) is 16.0. The van der Waals surface area contributed by atoms with Crippen LogP contribution < -0.4 is 4.72 Å². The summed E-state index contributed by atoms with van der Waals surface area (Å²) < 4.78 is 81.6. The van der Waals surface area contributed by atoms with Gasteiger partial charge in [0.2, 0.25) is 0 Å². The molecule has 28 heavy (non-hydrogen) atoms. The standard InChI is InChI=1S/C19H25ClF5NOS/c1-18(2,3)28(27)26-15(13-8-9-14(21)16(20)17(13)22)10-11-4-6-12(7-5-11)19(23,24)25/h8-9,11-12,15,26H,4-7,10H2,1-3H3/t11?,12?,15?,28-/m1/s1. The van der Waals surface area contributed by atoms with Crippen molar-refractivity contribution in [2.75, 3.05) is 0 Å². The Hall–Kier alpha value is -0.570. The molecule has 0 bridgehead atoms. The van der Waals surface area contributed by atoms with Crippen molar-refractivity contribution in [1.29, 1.82) is 0 Å². The van der Waals surface area contributed by atoms with Gasteiger partial charge in [0, 0.05) is 16.9 Å². The number of nitrogens with one attached hydrogen (secondary N) is 1. The van der Waals surface area contributed by atoms with Crippen LogP contribution in [0, 0.1) is 23.5 Å². The van der Waals surface area contributed by atoms with Crippen molar-refractivity contribution in [2.24, 2.45) is 11.8 Å². The molecule has 1 fully saturated rings. The molecule has 1 aliphatic rings. The van der Waals surface area contributed by atoms with Gasteiger partial charge in [-0.25, -0.2) is 8.78 Å². The van der Waals surface area contributed by atoms with Gasteiger partial charge in [0.1, 0.15) is 21.4 Å². The zero-order chi connectivity index (χ0) is 21.3. The molecule has 1 aromatic rings. The van der Waals surface area contributed by atoms with Gasteiger partial charge in [-0.15, -0.1) is 4.72 Å². The van der Waals surface area contributed by atoms with Gasteiger partial charge >= 0.3 is 6.18 Å². The summed E-state index contributed by atoms with van der Waals surface area (Å²) in [5.74, 6) is -3.23. The maximum absolute atomic E-state index is 14.6. The molecular weight excluding hydrogens is 421 g/mol. The summed E-state index contributed by atoms with van der Waals surface area (Å²) in [5, 5.41) is -0.647. The number of hydrogen-bond donors (Lipinski definition) is 1. The monoisotopic (exact) mass is 445 g/mol. The first kappa shape index (κ1) is 23.7. The third-order valence-electron chi connectivity index (χ3n) is 5.12. The van der Waals surface area contributed by atoms with E-state index in [2.05, 4.69) is 4.72 Å². The van der Waals surface area contributed by atoms with Crippen LogP contribution in [0.5, 0.6) is 0 Å². The second-order valence-electron chi connectivity index (χ2n) is 8.31. The van der Waals surface area contributed by atoms with Crippen molar-refractivity contribution in [3.63, 3.8) is 0 Å². The summed E-state index contributed by atoms with van der Waals surface area (Å²) in [5.41, 5.74) is 0.0712.